The van der Waals surface area contributed by atoms with E-state index in [2.05, 4.69) is 94.7 Å². The van der Waals surface area contributed by atoms with E-state index in [1.807, 2.05) is 12.1 Å². The second-order valence-electron chi connectivity index (χ2n) is 11.0. The smallest absolute Gasteiger partial charge is 0.611 e. The van der Waals surface area contributed by atoms with Crippen LogP contribution >= 0.6 is 0 Å². The van der Waals surface area contributed by atoms with Crippen LogP contribution in [0.3, 0.4) is 0 Å². The van der Waals surface area contributed by atoms with Gasteiger partial charge in [0.05, 0.1) is 19.0 Å². The van der Waals surface area contributed by atoms with Crippen LogP contribution in [0, 0.1) is 0 Å². The molecule has 0 saturated carbocycles. The second kappa shape index (κ2) is 8.72. The van der Waals surface area contributed by atoms with Crippen molar-refractivity contribution in [3.8, 4) is 0 Å². The summed E-state index contributed by atoms with van der Waals surface area (Å²) in [4.78, 5) is 31.0. The molecule has 1 radical (unpaired) electrons. The van der Waals surface area contributed by atoms with Crippen molar-refractivity contribution in [3.63, 3.8) is 0 Å². The third-order valence-corrected chi connectivity index (χ3v) is 8.83. The Hall–Kier alpha value is -4.56. The number of fused-ring (bicyclic) bond motifs is 16. The molecule has 0 aliphatic carbocycles. The van der Waals surface area contributed by atoms with E-state index in [-0.39, 0.29) is 41.7 Å². The first-order valence-corrected chi connectivity index (χ1v) is 14.0. The van der Waals surface area contributed by atoms with Crippen molar-refractivity contribution in [2.75, 3.05) is 6.67 Å². The molecule has 0 amide bonds. The Labute approximate surface area is 251 Å². The van der Waals surface area contributed by atoms with E-state index in [1.165, 1.54) is 0 Å². The maximum Gasteiger partial charge on any atom is 2.00 e. The molecule has 5 aromatic rings. The van der Waals surface area contributed by atoms with Crippen LogP contribution in [-0.4, -0.2) is 28.1 Å². The fourth-order valence-electron chi connectivity index (χ4n) is 6.98. The summed E-state index contributed by atoms with van der Waals surface area (Å²) in [5.74, 6) is 1.79. The summed E-state index contributed by atoms with van der Waals surface area (Å²) in [5, 5.41) is 7.19. The quantitative estimate of drug-likeness (QED) is 0.246. The molecule has 205 valence electrons. The van der Waals surface area contributed by atoms with E-state index in [0.29, 0.717) is 17.6 Å². The molecule has 5 aliphatic rings. The van der Waals surface area contributed by atoms with E-state index >= 15 is 0 Å². The van der Waals surface area contributed by atoms with Gasteiger partial charge in [0.15, 0.2) is 0 Å². The van der Waals surface area contributed by atoms with Gasteiger partial charge in [-0.15, -0.1) is 0 Å². The van der Waals surface area contributed by atoms with Gasteiger partial charge in [0.2, 0.25) is 0 Å². The number of benzene rings is 4. The molecule has 10 rings (SSSR count). The summed E-state index contributed by atoms with van der Waals surface area (Å²) in [5.41, 5.74) is 8.02. The van der Waals surface area contributed by atoms with Crippen molar-refractivity contribution in [3.05, 3.63) is 147 Å². The Kier molecular flexibility index (Phi) is 5.00. The average molecular weight is 594 g/mol. The van der Waals surface area contributed by atoms with Gasteiger partial charge in [0.25, 0.3) is 0 Å². The van der Waals surface area contributed by atoms with Crippen LogP contribution in [0.2, 0.25) is 0 Å². The molecule has 0 fully saturated rings. The topological polar surface area (TPSA) is 84.1 Å². The van der Waals surface area contributed by atoms with Crippen molar-refractivity contribution in [2.24, 2.45) is 20.0 Å². The molecular weight excluding hydrogens is 572 g/mol. The van der Waals surface area contributed by atoms with E-state index in [1.54, 1.807) is 0 Å². The molecule has 1 aromatic heterocycles. The number of nitrogens with zero attached hydrogens (tertiary/aromatic N) is 8. The third kappa shape index (κ3) is 3.15. The summed E-state index contributed by atoms with van der Waals surface area (Å²) in [6.45, 7) is 0.524. The monoisotopic (exact) mass is 593 g/mol. The van der Waals surface area contributed by atoms with Gasteiger partial charge in [-0.2, -0.15) is 0 Å². The standard InChI is InChI=1S/C33H22N8.Cu/c1-2-10-19-18(9-1)26-34-27(19)37-31-24-15-7-8-16-25(24)33-39-29-21-12-4-3-11-20(21)28(35-29)38-32-23-14-6-5-13-22(23)30(36-26)40(32)17-41(31)33;/h1-16,26-27,32-33H,17H2;/q-2;+2/b36-30-,37-31-;. The summed E-state index contributed by atoms with van der Waals surface area (Å²) in [7, 11) is 0. The van der Waals surface area contributed by atoms with Gasteiger partial charge >= 0.3 is 17.1 Å². The zero-order valence-corrected chi connectivity index (χ0v) is 23.1. The number of aliphatic imine (C=N–C) groups is 2. The predicted octanol–water partition coefficient (Wildman–Crippen LogP) is 4.63. The molecule has 9 heteroatoms. The van der Waals surface area contributed by atoms with Crippen molar-refractivity contribution < 1.29 is 17.1 Å². The Bertz CT molecular complexity index is 1980. The Morgan fingerprint density at radius 3 is 1.45 bits per heavy atom. The van der Waals surface area contributed by atoms with Crippen LogP contribution < -0.4 is 16.0 Å². The number of hydrogen-bond acceptors (Lipinski definition) is 6. The van der Waals surface area contributed by atoms with E-state index < -0.39 is 0 Å². The summed E-state index contributed by atoms with van der Waals surface area (Å²) in [6, 6.07) is 33.6. The molecular formula is C33H22CuN8. The van der Waals surface area contributed by atoms with Crippen LogP contribution in [0.25, 0.3) is 16.1 Å². The predicted molar refractivity (Wildman–Crippen MR) is 155 cm³/mol. The largest absolute Gasteiger partial charge is 2.00 e. The van der Waals surface area contributed by atoms with Crippen molar-refractivity contribution in [1.82, 2.24) is 14.8 Å². The summed E-state index contributed by atoms with van der Waals surface area (Å²) >= 11 is 0. The van der Waals surface area contributed by atoms with Gasteiger partial charge in [0, 0.05) is 22.1 Å². The first kappa shape index (κ1) is 24.1. The first-order chi connectivity index (χ1) is 20.3. The minimum Gasteiger partial charge on any atom is -0.611 e. The zero-order chi connectivity index (χ0) is 26.7. The van der Waals surface area contributed by atoms with Gasteiger partial charge in [-0.1, -0.05) is 97.1 Å². The van der Waals surface area contributed by atoms with Crippen LogP contribution in [-0.2, 0) is 17.1 Å². The fraction of sp³-hybridized carbons (Fsp3) is 0.152. The number of aromatic nitrogens is 1. The van der Waals surface area contributed by atoms with Gasteiger partial charge in [-0.25, -0.2) is 0 Å². The second-order valence-corrected chi connectivity index (χ2v) is 11.0. The van der Waals surface area contributed by atoms with Crippen molar-refractivity contribution >= 4 is 22.4 Å². The van der Waals surface area contributed by atoms with Gasteiger partial charge in [0.1, 0.15) is 11.7 Å². The van der Waals surface area contributed by atoms with Gasteiger partial charge < -0.3 is 30.1 Å². The number of hydrogen-bond donors (Lipinski definition) is 0. The summed E-state index contributed by atoms with van der Waals surface area (Å²) in [6.07, 6.45) is -1.28. The fourth-order valence-corrected chi connectivity index (χ4v) is 6.98. The van der Waals surface area contributed by atoms with Crippen LogP contribution in [0.4, 0.5) is 0 Å². The van der Waals surface area contributed by atoms with Crippen LogP contribution in [0.5, 0.6) is 0 Å². The molecule has 0 N–H and O–H groups in total. The molecule has 42 heavy (non-hydrogen) atoms. The maximum absolute atomic E-state index is 5.36. The van der Waals surface area contributed by atoms with E-state index in [9.17, 15) is 0 Å². The molecule has 8 nitrogen and oxygen atoms in total. The normalized spacial score (nSPS) is 28.0. The maximum atomic E-state index is 5.36. The third-order valence-electron chi connectivity index (χ3n) is 8.83. The molecule has 0 spiro atoms. The van der Waals surface area contributed by atoms with E-state index in [0.717, 1.165) is 55.8 Å². The first-order valence-electron chi connectivity index (χ1n) is 14.0. The molecule has 6 heterocycles. The Morgan fingerprint density at radius 1 is 0.524 bits per heavy atom. The van der Waals surface area contributed by atoms with Gasteiger partial charge in [-0.3, -0.25) is 9.98 Å². The molecule has 4 unspecified atom stereocenters. The molecule has 6 bridgehead atoms. The van der Waals surface area contributed by atoms with Crippen LogP contribution in [0.15, 0.2) is 117 Å². The molecule has 4 aromatic carbocycles. The Morgan fingerprint density at radius 2 is 0.952 bits per heavy atom. The molecule has 5 aliphatic heterocycles. The average Bonchev–Trinajstić information content (AvgIpc) is 3.72. The molecule has 0 saturated heterocycles. The van der Waals surface area contributed by atoms with Gasteiger partial charge in [-0.05, 0) is 45.4 Å². The molecule has 4 atom stereocenters. The van der Waals surface area contributed by atoms with Crippen molar-refractivity contribution in [1.29, 1.82) is 0 Å². The summed E-state index contributed by atoms with van der Waals surface area (Å²) < 4.78 is 0. The van der Waals surface area contributed by atoms with E-state index in [4.69, 9.17) is 30.3 Å². The van der Waals surface area contributed by atoms with Crippen molar-refractivity contribution in [2.45, 2.75) is 24.7 Å². The minimum atomic E-state index is -0.342. The SMILES string of the molecule is [Cu+2].c1ccc2c(c1)/C1=N/C3[N-]C(/N=C4/c5ccccc5C5/N=c6\[n-]/c(c7ccccc67)=N\C2N1CN45)c1ccccc13. The zero-order valence-electron chi connectivity index (χ0n) is 22.1. The minimum absolute atomic E-state index is 0. The van der Waals surface area contributed by atoms with Crippen LogP contribution in [0.1, 0.15) is 58.0 Å². The number of amidine groups is 2. The number of rotatable bonds is 0. The Balaban J connectivity index is 0.00000250.